The minimum absolute atomic E-state index is 0.126. The lowest BCUT2D eigenvalue weighted by molar-refractivity contribution is -0.384. The molecule has 0 amide bonds. The summed E-state index contributed by atoms with van der Waals surface area (Å²) in [5.41, 5.74) is 0.0651. The lowest BCUT2D eigenvalue weighted by atomic mass is 10.3. The third kappa shape index (κ3) is 3.44. The molecule has 17 heavy (non-hydrogen) atoms. The van der Waals surface area contributed by atoms with Crippen molar-refractivity contribution < 1.29 is 4.92 Å². The summed E-state index contributed by atoms with van der Waals surface area (Å²) in [6, 6.07) is 4.71. The van der Waals surface area contributed by atoms with Gasteiger partial charge in [0.1, 0.15) is 5.69 Å². The van der Waals surface area contributed by atoms with E-state index < -0.39 is 4.92 Å². The van der Waals surface area contributed by atoms with Crippen molar-refractivity contribution in [2.75, 3.05) is 6.26 Å². The van der Waals surface area contributed by atoms with E-state index in [1.807, 2.05) is 0 Å². The molecule has 0 unspecified atom stereocenters. The van der Waals surface area contributed by atoms with Gasteiger partial charge < -0.3 is 0 Å². The normalized spacial score (nSPS) is 10.8. The number of nitriles is 1. The summed E-state index contributed by atoms with van der Waals surface area (Å²) < 4.78 is 0.348. The highest BCUT2D eigenvalue weighted by Crippen LogP contribution is 2.34. The third-order valence-electron chi connectivity index (χ3n) is 1.73. The van der Waals surface area contributed by atoms with E-state index in [1.165, 1.54) is 17.8 Å². The number of halogens is 1. The lowest BCUT2D eigenvalue weighted by Crippen LogP contribution is -2.12. The summed E-state index contributed by atoms with van der Waals surface area (Å²) in [4.78, 5) is 14.4. The lowest BCUT2D eigenvalue weighted by Gasteiger charge is -2.02. The quantitative estimate of drug-likeness (QED) is 0.226. The Kier molecular flexibility index (Phi) is 4.93. The van der Waals surface area contributed by atoms with E-state index in [0.29, 0.717) is 9.64 Å². The fourth-order valence-corrected chi connectivity index (χ4v) is 1.89. The molecule has 0 radical (unpaired) electrons. The number of nitro groups is 1. The molecule has 8 heteroatoms. The summed E-state index contributed by atoms with van der Waals surface area (Å²) >= 11 is 4.29. The zero-order valence-corrected chi connectivity index (χ0v) is 11.1. The van der Waals surface area contributed by atoms with Crippen molar-refractivity contribution in [3.63, 3.8) is 0 Å². The molecule has 1 aromatic rings. The Morgan fingerprint density at radius 1 is 1.71 bits per heavy atom. The molecule has 0 aliphatic carbocycles. The van der Waals surface area contributed by atoms with Gasteiger partial charge in [0.25, 0.3) is 0 Å². The number of para-hydroxylation sites is 1. The Hall–Kier alpha value is -1.59. The van der Waals surface area contributed by atoms with E-state index in [0.717, 1.165) is 0 Å². The molecule has 0 saturated heterocycles. The van der Waals surface area contributed by atoms with E-state index >= 15 is 0 Å². The molecule has 6 nitrogen and oxygen atoms in total. The van der Waals surface area contributed by atoms with Crippen LogP contribution in [0.5, 0.6) is 0 Å². The molecule has 88 valence electrons. The van der Waals surface area contributed by atoms with Gasteiger partial charge in [-0.05, 0) is 34.3 Å². The van der Waals surface area contributed by atoms with Gasteiger partial charge >= 0.3 is 5.69 Å². The Bertz CT molecular complexity index is 512. The average molecular weight is 315 g/mol. The molecule has 0 saturated carbocycles. The second-order valence-electron chi connectivity index (χ2n) is 2.72. The molecule has 0 fully saturated rings. The van der Waals surface area contributed by atoms with Crippen molar-refractivity contribution in [1.29, 1.82) is 5.26 Å². The molecule has 0 spiro atoms. The molecule has 0 heterocycles. The maximum Gasteiger partial charge on any atom is 0.308 e. The molecule has 1 N–H and O–H groups in total. The average Bonchev–Trinajstić information content (AvgIpc) is 2.28. The standard InChI is InChI=1S/C9H7BrN4O2S/c1-17-9(12-5-11)13-7-4-2-3-6(10)8(7)14(15)16/h2-4H,1H3,(H,12,13). The van der Waals surface area contributed by atoms with E-state index in [2.05, 4.69) is 26.2 Å². The molecule has 0 bridgehead atoms. The summed E-state index contributed by atoms with van der Waals surface area (Å²) in [5, 5.41) is 22.0. The van der Waals surface area contributed by atoms with Crippen LogP contribution in [0.3, 0.4) is 0 Å². The van der Waals surface area contributed by atoms with Gasteiger partial charge in [0, 0.05) is 0 Å². The van der Waals surface area contributed by atoms with Crippen LogP contribution in [0.1, 0.15) is 0 Å². The fourth-order valence-electron chi connectivity index (χ4n) is 1.06. The van der Waals surface area contributed by atoms with Crippen LogP contribution >= 0.6 is 27.7 Å². The second-order valence-corrected chi connectivity index (χ2v) is 4.37. The van der Waals surface area contributed by atoms with Crippen LogP contribution in [0.4, 0.5) is 11.4 Å². The first kappa shape index (κ1) is 13.5. The van der Waals surface area contributed by atoms with E-state index in [4.69, 9.17) is 5.26 Å². The smallest absolute Gasteiger partial charge is 0.271 e. The highest BCUT2D eigenvalue weighted by molar-refractivity contribution is 9.10. The van der Waals surface area contributed by atoms with Gasteiger partial charge in [0.2, 0.25) is 0 Å². The zero-order chi connectivity index (χ0) is 12.8. The fraction of sp³-hybridized carbons (Fsp3) is 0.111. The predicted octanol–water partition coefficient (Wildman–Crippen LogP) is 2.78. The number of rotatable bonds is 2. The summed E-state index contributed by atoms with van der Waals surface area (Å²) in [5.74, 6) is 0. The number of hydrogen-bond donors (Lipinski definition) is 1. The SMILES string of the molecule is CSC(=Nc1cccc(Br)c1[N+](=O)[O-])NC#N. The van der Waals surface area contributed by atoms with Gasteiger partial charge in [-0.3, -0.25) is 15.4 Å². The molecular weight excluding hydrogens is 308 g/mol. The summed E-state index contributed by atoms with van der Waals surface area (Å²) in [7, 11) is 0. The number of thioether (sulfide) groups is 1. The molecule has 1 aromatic carbocycles. The number of benzene rings is 1. The Labute approximate surface area is 110 Å². The maximum atomic E-state index is 10.9. The van der Waals surface area contributed by atoms with Gasteiger partial charge in [-0.1, -0.05) is 17.8 Å². The first-order valence-corrected chi connectivity index (χ1v) is 6.32. The number of amidine groups is 1. The monoisotopic (exact) mass is 314 g/mol. The Balaban J connectivity index is 3.27. The van der Waals surface area contributed by atoms with Crippen LogP contribution in [0.2, 0.25) is 0 Å². The van der Waals surface area contributed by atoms with Crippen LogP contribution in [-0.2, 0) is 0 Å². The van der Waals surface area contributed by atoms with Crippen molar-refractivity contribution in [1.82, 2.24) is 5.32 Å². The summed E-state index contributed by atoms with van der Waals surface area (Å²) in [6.07, 6.45) is 3.43. The third-order valence-corrected chi connectivity index (χ3v) is 2.95. The molecule has 1 rings (SSSR count). The van der Waals surface area contributed by atoms with Crippen molar-refractivity contribution in [3.05, 3.63) is 32.8 Å². The predicted molar refractivity (Wildman–Crippen MR) is 70.2 cm³/mol. The first-order chi connectivity index (χ1) is 8.10. The number of nitrogens with one attached hydrogen (secondary N) is 1. The zero-order valence-electron chi connectivity index (χ0n) is 8.68. The van der Waals surface area contributed by atoms with Crippen molar-refractivity contribution in [2.24, 2.45) is 4.99 Å². The number of aliphatic imine (C=N–C) groups is 1. The van der Waals surface area contributed by atoms with Crippen molar-refractivity contribution in [3.8, 4) is 6.19 Å². The van der Waals surface area contributed by atoms with Gasteiger partial charge in [-0.2, -0.15) is 5.26 Å². The highest BCUT2D eigenvalue weighted by Gasteiger charge is 2.17. The van der Waals surface area contributed by atoms with Crippen LogP contribution < -0.4 is 5.32 Å². The molecular formula is C9H7BrN4O2S. The molecule has 0 aromatic heterocycles. The minimum Gasteiger partial charge on any atom is -0.271 e. The summed E-state index contributed by atoms with van der Waals surface area (Å²) in [6.45, 7) is 0. The van der Waals surface area contributed by atoms with Crippen molar-refractivity contribution in [2.45, 2.75) is 0 Å². The van der Waals surface area contributed by atoms with Gasteiger partial charge in [0.05, 0.1) is 9.40 Å². The van der Waals surface area contributed by atoms with E-state index in [9.17, 15) is 10.1 Å². The van der Waals surface area contributed by atoms with Crippen LogP contribution in [-0.4, -0.2) is 16.3 Å². The van der Waals surface area contributed by atoms with E-state index in [-0.39, 0.29) is 11.4 Å². The van der Waals surface area contributed by atoms with Gasteiger partial charge in [-0.25, -0.2) is 4.99 Å². The van der Waals surface area contributed by atoms with Gasteiger partial charge in [-0.15, -0.1) is 0 Å². The number of nitro benzene ring substituents is 1. The maximum absolute atomic E-state index is 10.9. The largest absolute Gasteiger partial charge is 0.308 e. The molecule has 0 atom stereocenters. The number of nitrogens with zero attached hydrogens (tertiary/aromatic N) is 3. The van der Waals surface area contributed by atoms with E-state index in [1.54, 1.807) is 24.6 Å². The second kappa shape index (κ2) is 6.22. The Morgan fingerprint density at radius 2 is 2.41 bits per heavy atom. The van der Waals surface area contributed by atoms with Crippen LogP contribution in [0, 0.1) is 21.6 Å². The minimum atomic E-state index is -0.521. The number of hydrogen-bond acceptors (Lipinski definition) is 5. The molecule has 0 aliphatic heterocycles. The van der Waals surface area contributed by atoms with Crippen molar-refractivity contribution >= 4 is 44.2 Å². The highest BCUT2D eigenvalue weighted by atomic mass is 79.9. The first-order valence-electron chi connectivity index (χ1n) is 4.30. The Morgan fingerprint density at radius 3 is 2.94 bits per heavy atom. The van der Waals surface area contributed by atoms with Crippen LogP contribution in [0.15, 0.2) is 27.7 Å². The topological polar surface area (TPSA) is 91.3 Å². The van der Waals surface area contributed by atoms with Crippen LogP contribution in [0.25, 0.3) is 0 Å². The molecule has 0 aliphatic rings. The van der Waals surface area contributed by atoms with Gasteiger partial charge in [0.15, 0.2) is 11.4 Å².